The standard InChI is InChI=1S/C26H44O5Si/c1-10-12-17-22-23(30-26(6,7)29-22)20-19-21(31-32(8,9)25(3,4)5)16-14-13-15-18-24(27)28-11-2/h1,15,18-23H,11-14,16-17H2,2-9H3/b18-15+,20-19+/t21-,22-,23-/m0/s1. The molecule has 0 N–H and O–H groups in total. The zero-order valence-corrected chi connectivity index (χ0v) is 22.4. The highest BCUT2D eigenvalue weighted by Gasteiger charge is 2.41. The largest absolute Gasteiger partial charge is 0.463 e. The van der Waals surface area contributed by atoms with Gasteiger partial charge in [-0.1, -0.05) is 39.0 Å². The quantitative estimate of drug-likeness (QED) is 0.0865. The van der Waals surface area contributed by atoms with Crippen LogP contribution < -0.4 is 0 Å². The van der Waals surface area contributed by atoms with Gasteiger partial charge in [-0.3, -0.25) is 0 Å². The summed E-state index contributed by atoms with van der Waals surface area (Å²) < 4.78 is 23.8. The second kappa shape index (κ2) is 12.7. The van der Waals surface area contributed by atoms with Crippen molar-refractivity contribution in [2.75, 3.05) is 6.61 Å². The molecule has 1 heterocycles. The van der Waals surface area contributed by atoms with Crippen LogP contribution in [0.1, 0.15) is 73.6 Å². The maximum atomic E-state index is 11.5. The third-order valence-corrected chi connectivity index (χ3v) is 10.5. The second-order valence-corrected chi connectivity index (χ2v) is 15.0. The van der Waals surface area contributed by atoms with E-state index in [1.54, 1.807) is 6.92 Å². The van der Waals surface area contributed by atoms with Gasteiger partial charge in [0.1, 0.15) is 6.10 Å². The SMILES string of the molecule is C#CCC[C@@H]1OC(C)(C)O[C@H]1/C=C/[C@H](CCC/C=C/C(=O)OCC)O[Si](C)(C)C(C)(C)C. The molecule has 0 aromatic heterocycles. The zero-order chi connectivity index (χ0) is 24.4. The van der Waals surface area contributed by atoms with Gasteiger partial charge in [0.15, 0.2) is 14.1 Å². The summed E-state index contributed by atoms with van der Waals surface area (Å²) >= 11 is 0. The Morgan fingerprint density at radius 3 is 2.56 bits per heavy atom. The number of unbranched alkanes of at least 4 members (excludes halogenated alkanes) is 1. The average molecular weight is 465 g/mol. The Bertz CT molecular complexity index is 681. The molecular weight excluding hydrogens is 420 g/mol. The average Bonchev–Trinajstić information content (AvgIpc) is 2.96. The number of esters is 1. The van der Waals surface area contributed by atoms with Gasteiger partial charge in [-0.15, -0.1) is 12.3 Å². The second-order valence-electron chi connectivity index (χ2n) is 10.3. The van der Waals surface area contributed by atoms with Crippen molar-refractivity contribution in [1.29, 1.82) is 0 Å². The normalized spacial score (nSPS) is 22.3. The minimum absolute atomic E-state index is 0.0209. The van der Waals surface area contributed by atoms with Gasteiger partial charge in [-0.25, -0.2) is 4.79 Å². The highest BCUT2D eigenvalue weighted by molar-refractivity contribution is 6.74. The van der Waals surface area contributed by atoms with Gasteiger partial charge >= 0.3 is 5.97 Å². The molecule has 0 aromatic carbocycles. The van der Waals surface area contributed by atoms with Gasteiger partial charge in [0, 0.05) is 12.5 Å². The minimum Gasteiger partial charge on any atom is -0.463 e. The van der Waals surface area contributed by atoms with Gasteiger partial charge in [-0.05, 0) is 64.6 Å². The van der Waals surface area contributed by atoms with Crippen molar-refractivity contribution < 1.29 is 23.4 Å². The number of terminal acetylenes is 1. The van der Waals surface area contributed by atoms with Crippen molar-refractivity contribution in [2.24, 2.45) is 0 Å². The summed E-state index contributed by atoms with van der Waals surface area (Å²) in [6.07, 6.45) is 16.8. The number of hydrogen-bond acceptors (Lipinski definition) is 5. The molecule has 0 aromatic rings. The van der Waals surface area contributed by atoms with Crippen LogP contribution in [0, 0.1) is 12.3 Å². The predicted octanol–water partition coefficient (Wildman–Crippen LogP) is 6.16. The molecule has 1 saturated heterocycles. The van der Waals surface area contributed by atoms with Gasteiger partial charge in [0.2, 0.25) is 0 Å². The summed E-state index contributed by atoms with van der Waals surface area (Å²) in [6, 6.07) is 0. The highest BCUT2D eigenvalue weighted by atomic mass is 28.4. The van der Waals surface area contributed by atoms with Crippen LogP contribution >= 0.6 is 0 Å². The van der Waals surface area contributed by atoms with Gasteiger partial charge in [0.25, 0.3) is 0 Å². The van der Waals surface area contributed by atoms with Crippen LogP contribution in [-0.2, 0) is 23.4 Å². The molecule has 3 atom stereocenters. The third kappa shape index (κ3) is 10.0. The molecule has 1 aliphatic rings. The fourth-order valence-electron chi connectivity index (χ4n) is 3.26. The van der Waals surface area contributed by atoms with Crippen LogP contribution in [0.25, 0.3) is 0 Å². The summed E-state index contributed by atoms with van der Waals surface area (Å²) in [5.74, 6) is 1.78. The number of rotatable bonds is 12. The summed E-state index contributed by atoms with van der Waals surface area (Å²) in [7, 11) is -1.95. The number of carbonyl (C=O) groups excluding carboxylic acids is 1. The van der Waals surface area contributed by atoms with Crippen LogP contribution in [0.3, 0.4) is 0 Å². The van der Waals surface area contributed by atoms with Crippen LogP contribution in [0.2, 0.25) is 18.1 Å². The van der Waals surface area contributed by atoms with E-state index in [2.05, 4.69) is 51.9 Å². The van der Waals surface area contributed by atoms with Crippen molar-refractivity contribution in [3.8, 4) is 12.3 Å². The molecule has 1 aliphatic heterocycles. The van der Waals surface area contributed by atoms with E-state index >= 15 is 0 Å². The van der Waals surface area contributed by atoms with Gasteiger partial charge in [-0.2, -0.15) is 0 Å². The van der Waals surface area contributed by atoms with E-state index in [0.717, 1.165) is 25.7 Å². The predicted molar refractivity (Wildman–Crippen MR) is 133 cm³/mol. The minimum atomic E-state index is -1.95. The summed E-state index contributed by atoms with van der Waals surface area (Å²) in [4.78, 5) is 11.5. The molecule has 182 valence electrons. The Kier molecular flexibility index (Phi) is 11.4. The molecule has 0 spiro atoms. The molecule has 0 saturated carbocycles. The molecule has 0 unspecified atom stereocenters. The first kappa shape index (κ1) is 28.6. The number of carbonyl (C=O) groups is 1. The van der Waals surface area contributed by atoms with E-state index in [1.807, 2.05) is 19.9 Å². The lowest BCUT2D eigenvalue weighted by molar-refractivity contribution is -0.143. The third-order valence-electron chi connectivity index (χ3n) is 5.96. The maximum absolute atomic E-state index is 11.5. The van der Waals surface area contributed by atoms with Crippen LogP contribution in [0.15, 0.2) is 24.3 Å². The number of hydrogen-bond donors (Lipinski definition) is 0. The first-order valence-corrected chi connectivity index (χ1v) is 14.7. The fraction of sp³-hybridized carbons (Fsp3) is 0.731. The summed E-state index contributed by atoms with van der Waals surface area (Å²) in [6.45, 7) is 17.3. The maximum Gasteiger partial charge on any atom is 0.330 e. The smallest absolute Gasteiger partial charge is 0.330 e. The van der Waals surface area contributed by atoms with Crippen molar-refractivity contribution in [2.45, 2.75) is 116 Å². The summed E-state index contributed by atoms with van der Waals surface area (Å²) in [5.41, 5.74) is 0. The topological polar surface area (TPSA) is 54.0 Å². The van der Waals surface area contributed by atoms with E-state index in [4.69, 9.17) is 25.1 Å². The molecule has 6 heteroatoms. The summed E-state index contributed by atoms with van der Waals surface area (Å²) in [5, 5.41) is 0.118. The lowest BCUT2D eigenvalue weighted by Gasteiger charge is -2.38. The van der Waals surface area contributed by atoms with E-state index in [1.165, 1.54) is 6.08 Å². The first-order chi connectivity index (χ1) is 14.8. The fourth-order valence-corrected chi connectivity index (χ4v) is 4.57. The molecule has 0 radical (unpaired) electrons. The van der Waals surface area contributed by atoms with E-state index in [9.17, 15) is 4.79 Å². The van der Waals surface area contributed by atoms with E-state index < -0.39 is 14.1 Å². The monoisotopic (exact) mass is 464 g/mol. The Labute approximate surface area is 197 Å². The molecule has 1 rings (SSSR count). The number of allylic oxidation sites excluding steroid dienone is 1. The van der Waals surface area contributed by atoms with Crippen molar-refractivity contribution >= 4 is 14.3 Å². The molecule has 1 fully saturated rings. The number of ether oxygens (including phenoxy) is 3. The van der Waals surface area contributed by atoms with Gasteiger partial charge in [0.05, 0.1) is 18.8 Å². The van der Waals surface area contributed by atoms with Crippen molar-refractivity contribution in [3.05, 3.63) is 24.3 Å². The highest BCUT2D eigenvalue weighted by Crippen LogP contribution is 2.38. The van der Waals surface area contributed by atoms with Gasteiger partial charge < -0.3 is 18.6 Å². The van der Waals surface area contributed by atoms with E-state index in [0.29, 0.717) is 13.0 Å². The lowest BCUT2D eigenvalue weighted by Crippen LogP contribution is -2.43. The zero-order valence-electron chi connectivity index (χ0n) is 21.4. The molecule has 0 bridgehead atoms. The van der Waals surface area contributed by atoms with Crippen molar-refractivity contribution in [3.63, 3.8) is 0 Å². The molecular formula is C26H44O5Si. The Hall–Kier alpha value is -1.39. The Morgan fingerprint density at radius 2 is 1.97 bits per heavy atom. The lowest BCUT2D eigenvalue weighted by atomic mass is 10.1. The molecule has 5 nitrogen and oxygen atoms in total. The Morgan fingerprint density at radius 1 is 1.28 bits per heavy atom. The van der Waals surface area contributed by atoms with Crippen molar-refractivity contribution in [1.82, 2.24) is 0 Å². The molecule has 32 heavy (non-hydrogen) atoms. The Balaban J connectivity index is 2.85. The molecule has 0 amide bonds. The van der Waals surface area contributed by atoms with Crippen LogP contribution in [-0.4, -0.2) is 45.0 Å². The first-order valence-electron chi connectivity index (χ1n) is 11.8. The van der Waals surface area contributed by atoms with Crippen LogP contribution in [0.4, 0.5) is 0 Å². The molecule has 0 aliphatic carbocycles. The van der Waals surface area contributed by atoms with Crippen LogP contribution in [0.5, 0.6) is 0 Å². The van der Waals surface area contributed by atoms with E-state index in [-0.39, 0.29) is 29.3 Å².